The third-order valence-electron chi connectivity index (χ3n) is 4.81. The third-order valence-corrected chi connectivity index (χ3v) is 7.14. The second-order valence-corrected chi connectivity index (χ2v) is 8.53. The lowest BCUT2D eigenvalue weighted by Gasteiger charge is -2.16. The summed E-state index contributed by atoms with van der Waals surface area (Å²) in [5.74, 6) is 2.07. The van der Waals surface area contributed by atoms with Crippen molar-refractivity contribution in [1.82, 2.24) is 0 Å². The Morgan fingerprint density at radius 2 is 1.88 bits per heavy atom. The van der Waals surface area contributed by atoms with Crippen molar-refractivity contribution in [1.29, 1.82) is 0 Å². The summed E-state index contributed by atoms with van der Waals surface area (Å²) in [7, 11) is 3.18. The number of thioether (sulfide) groups is 1. The van der Waals surface area contributed by atoms with Crippen LogP contribution in [0.25, 0.3) is 6.08 Å². The van der Waals surface area contributed by atoms with Gasteiger partial charge in [0.05, 0.1) is 19.1 Å². The molecule has 0 spiro atoms. The van der Waals surface area contributed by atoms with Crippen LogP contribution in [0.15, 0.2) is 23.1 Å². The van der Waals surface area contributed by atoms with Crippen LogP contribution in [0.3, 0.4) is 0 Å². The molecule has 1 N–H and O–H groups in total. The van der Waals surface area contributed by atoms with Crippen molar-refractivity contribution in [2.45, 2.75) is 31.4 Å². The molecule has 0 radical (unpaired) electrons. The molecule has 0 saturated carbocycles. The van der Waals surface area contributed by atoms with Crippen molar-refractivity contribution in [3.05, 3.63) is 44.0 Å². The van der Waals surface area contributed by atoms with Crippen molar-refractivity contribution >= 4 is 40.8 Å². The fraction of sp³-hybridized carbons (Fsp3) is 0.350. The minimum Gasteiger partial charge on any atom is -0.493 e. The summed E-state index contributed by atoms with van der Waals surface area (Å²) in [6, 6.07) is 5.39. The number of amides is 1. The van der Waals surface area contributed by atoms with Gasteiger partial charge in [-0.05, 0) is 55.0 Å². The third kappa shape index (κ3) is 3.23. The maximum atomic E-state index is 12.7. The Bertz CT molecular complexity index is 885. The second kappa shape index (κ2) is 7.37. The molecule has 26 heavy (non-hydrogen) atoms. The van der Waals surface area contributed by atoms with E-state index in [1.165, 1.54) is 41.0 Å². The molecular formula is C20H21NO3S2. The summed E-state index contributed by atoms with van der Waals surface area (Å²) in [4.78, 5) is 16.3. The van der Waals surface area contributed by atoms with Crippen LogP contribution in [0, 0.1) is 0 Å². The number of fused-ring (bicyclic) bond motifs is 3. The van der Waals surface area contributed by atoms with Crippen molar-refractivity contribution in [2.75, 3.05) is 19.5 Å². The number of benzene rings is 1. The van der Waals surface area contributed by atoms with Gasteiger partial charge in [0.1, 0.15) is 0 Å². The number of carbonyl (C=O) groups is 1. The molecule has 136 valence electrons. The normalized spacial score (nSPS) is 15.5. The number of methoxy groups -OCH3 is 2. The highest BCUT2D eigenvalue weighted by Crippen LogP contribution is 2.43. The molecule has 0 fully saturated rings. The number of carbonyl (C=O) groups excluding carboxylic acids is 1. The number of aryl methyl sites for hydroxylation is 1. The van der Waals surface area contributed by atoms with Crippen molar-refractivity contribution < 1.29 is 14.3 Å². The lowest BCUT2D eigenvalue weighted by Crippen LogP contribution is -2.14. The van der Waals surface area contributed by atoms with Crippen molar-refractivity contribution in [3.8, 4) is 11.5 Å². The van der Waals surface area contributed by atoms with E-state index in [2.05, 4.69) is 11.4 Å². The van der Waals surface area contributed by atoms with Crippen LogP contribution in [0.2, 0.25) is 0 Å². The fourth-order valence-electron chi connectivity index (χ4n) is 3.48. The van der Waals surface area contributed by atoms with Gasteiger partial charge in [0.15, 0.2) is 11.5 Å². The van der Waals surface area contributed by atoms with E-state index in [0.29, 0.717) is 17.2 Å². The molecule has 1 amide bonds. The standard InChI is InChI=1S/C20H21NO3S2/c1-23-15-8-7-12(9-16(15)24-2)21-20(22)19-10-18-14(11-25-19)13-5-3-4-6-17(13)26-18/h7-10H,3-6,11H2,1-2H3,(H,21,22). The van der Waals surface area contributed by atoms with Crippen molar-refractivity contribution in [3.63, 3.8) is 0 Å². The molecule has 1 aliphatic heterocycles. The Balaban J connectivity index is 1.55. The van der Waals surface area contributed by atoms with E-state index in [9.17, 15) is 4.79 Å². The molecule has 0 saturated heterocycles. The molecule has 1 aromatic carbocycles. The highest BCUT2D eigenvalue weighted by atomic mass is 32.2. The van der Waals surface area contributed by atoms with Crippen LogP contribution in [-0.2, 0) is 23.4 Å². The summed E-state index contributed by atoms with van der Waals surface area (Å²) in [5, 5.41) is 2.97. The molecule has 0 bridgehead atoms. The molecule has 1 aliphatic carbocycles. The Labute approximate surface area is 161 Å². The molecule has 4 rings (SSSR count). The maximum absolute atomic E-state index is 12.7. The average molecular weight is 388 g/mol. The Morgan fingerprint density at radius 3 is 2.69 bits per heavy atom. The molecule has 6 heteroatoms. The summed E-state index contributed by atoms with van der Waals surface area (Å²) < 4.78 is 10.5. The van der Waals surface area contributed by atoms with E-state index in [1.54, 1.807) is 43.7 Å². The fourth-order valence-corrected chi connectivity index (χ4v) is 6.01. The Morgan fingerprint density at radius 1 is 1.08 bits per heavy atom. The number of hydrogen-bond acceptors (Lipinski definition) is 5. The molecular weight excluding hydrogens is 366 g/mol. The minimum atomic E-state index is -0.0701. The highest BCUT2D eigenvalue weighted by Gasteiger charge is 2.25. The van der Waals surface area contributed by atoms with Crippen LogP contribution >= 0.6 is 23.1 Å². The predicted octanol–water partition coefficient (Wildman–Crippen LogP) is 4.87. The summed E-state index contributed by atoms with van der Waals surface area (Å²) in [5.41, 5.74) is 3.71. The van der Waals surface area contributed by atoms with Crippen LogP contribution < -0.4 is 14.8 Å². The zero-order valence-corrected chi connectivity index (χ0v) is 16.5. The van der Waals surface area contributed by atoms with E-state index in [1.807, 2.05) is 17.4 Å². The first-order valence-electron chi connectivity index (χ1n) is 8.71. The lowest BCUT2D eigenvalue weighted by atomic mass is 9.95. The largest absolute Gasteiger partial charge is 0.493 e. The van der Waals surface area contributed by atoms with Gasteiger partial charge in [0.2, 0.25) is 0 Å². The van der Waals surface area contributed by atoms with Gasteiger partial charge < -0.3 is 14.8 Å². The topological polar surface area (TPSA) is 47.6 Å². The molecule has 0 unspecified atom stereocenters. The van der Waals surface area contributed by atoms with Crippen LogP contribution in [0.4, 0.5) is 5.69 Å². The molecule has 2 aliphatic rings. The summed E-state index contributed by atoms with van der Waals surface area (Å²) in [6.07, 6.45) is 7.02. The van der Waals surface area contributed by atoms with Crippen LogP contribution in [0.1, 0.15) is 33.7 Å². The first-order valence-corrected chi connectivity index (χ1v) is 10.5. The number of anilines is 1. The maximum Gasteiger partial charge on any atom is 0.262 e. The zero-order valence-electron chi connectivity index (χ0n) is 14.9. The van der Waals surface area contributed by atoms with E-state index >= 15 is 0 Å². The van der Waals surface area contributed by atoms with Gasteiger partial charge in [-0.2, -0.15) is 0 Å². The summed E-state index contributed by atoms with van der Waals surface area (Å²) >= 11 is 3.50. The monoisotopic (exact) mass is 387 g/mol. The van der Waals surface area contributed by atoms with Gasteiger partial charge in [0.25, 0.3) is 5.91 Å². The minimum absolute atomic E-state index is 0.0701. The van der Waals surface area contributed by atoms with Crippen LogP contribution in [-0.4, -0.2) is 20.1 Å². The smallest absolute Gasteiger partial charge is 0.262 e. The number of thiophene rings is 1. The summed E-state index contributed by atoms with van der Waals surface area (Å²) in [6.45, 7) is 0. The Kier molecular flexibility index (Phi) is 4.96. The zero-order chi connectivity index (χ0) is 18.1. The van der Waals surface area contributed by atoms with Crippen LogP contribution in [0.5, 0.6) is 11.5 Å². The first kappa shape index (κ1) is 17.5. The van der Waals surface area contributed by atoms with E-state index < -0.39 is 0 Å². The molecule has 0 atom stereocenters. The predicted molar refractivity (Wildman–Crippen MR) is 108 cm³/mol. The average Bonchev–Trinajstić information content (AvgIpc) is 3.05. The highest BCUT2D eigenvalue weighted by molar-refractivity contribution is 8.03. The van der Waals surface area contributed by atoms with Gasteiger partial charge >= 0.3 is 0 Å². The van der Waals surface area contributed by atoms with E-state index in [4.69, 9.17) is 9.47 Å². The number of hydrogen-bond donors (Lipinski definition) is 1. The van der Waals surface area contributed by atoms with E-state index in [-0.39, 0.29) is 5.91 Å². The SMILES string of the molecule is COc1ccc(NC(=O)C2=Cc3sc4c(c3CS2)CCCC4)cc1OC. The van der Waals surface area contributed by atoms with Gasteiger partial charge in [-0.3, -0.25) is 4.79 Å². The quantitative estimate of drug-likeness (QED) is 0.813. The lowest BCUT2D eigenvalue weighted by molar-refractivity contribution is -0.112. The molecule has 2 heterocycles. The molecule has 2 aromatic rings. The van der Waals surface area contributed by atoms with E-state index in [0.717, 1.165) is 10.7 Å². The van der Waals surface area contributed by atoms with Gasteiger partial charge in [-0.15, -0.1) is 23.1 Å². The van der Waals surface area contributed by atoms with Gasteiger partial charge in [-0.1, -0.05) is 0 Å². The Hall–Kier alpha value is -1.92. The van der Waals surface area contributed by atoms with Gasteiger partial charge in [-0.25, -0.2) is 0 Å². The number of rotatable bonds is 4. The van der Waals surface area contributed by atoms with Gasteiger partial charge in [0, 0.05) is 27.3 Å². The molecule has 1 aromatic heterocycles. The second-order valence-electron chi connectivity index (χ2n) is 6.37. The molecule has 4 nitrogen and oxygen atoms in total. The first-order chi connectivity index (χ1) is 12.7. The number of nitrogens with one attached hydrogen (secondary N) is 1. The number of ether oxygens (including phenoxy) is 2. The van der Waals surface area contributed by atoms with Crippen molar-refractivity contribution in [2.24, 2.45) is 0 Å².